The van der Waals surface area contributed by atoms with Gasteiger partial charge in [0.15, 0.2) is 0 Å². The molecule has 2 N–H and O–H groups in total. The Balaban J connectivity index is 3.07. The van der Waals surface area contributed by atoms with Crippen LogP contribution in [0.2, 0.25) is 0 Å². The van der Waals surface area contributed by atoms with Gasteiger partial charge < -0.3 is 10.4 Å². The third kappa shape index (κ3) is 2.71. The van der Waals surface area contributed by atoms with Crippen LogP contribution in [0.4, 0.5) is 10.1 Å². The van der Waals surface area contributed by atoms with Crippen LogP contribution in [-0.2, 0) is 0 Å². The number of carboxylic acids is 1. The average molecular weight is 207 g/mol. The molecule has 1 aromatic rings. The number of nitrogens with one attached hydrogen (secondary N) is 1. The molecule has 1 rings (SSSR count). The van der Waals surface area contributed by atoms with Crippen molar-refractivity contribution in [3.8, 4) is 12.3 Å². The van der Waals surface area contributed by atoms with E-state index in [0.29, 0.717) is 5.69 Å². The monoisotopic (exact) mass is 207 g/mol. The maximum atomic E-state index is 12.8. The molecule has 0 fully saturated rings. The molecule has 3 nitrogen and oxygen atoms in total. The van der Waals surface area contributed by atoms with Crippen molar-refractivity contribution in [3.63, 3.8) is 0 Å². The molecule has 15 heavy (non-hydrogen) atoms. The maximum Gasteiger partial charge on any atom is 0.337 e. The first kappa shape index (κ1) is 11.1. The first-order chi connectivity index (χ1) is 7.04. The van der Waals surface area contributed by atoms with E-state index in [1.165, 1.54) is 12.1 Å². The van der Waals surface area contributed by atoms with Crippen molar-refractivity contribution in [1.82, 2.24) is 0 Å². The number of carboxylic acid groups (broad SMARTS) is 1. The third-order valence-electron chi connectivity index (χ3n) is 1.83. The van der Waals surface area contributed by atoms with E-state index >= 15 is 0 Å². The maximum absolute atomic E-state index is 12.8. The van der Waals surface area contributed by atoms with Gasteiger partial charge in [-0.2, -0.15) is 0 Å². The largest absolute Gasteiger partial charge is 0.478 e. The minimum atomic E-state index is -1.19. The zero-order valence-electron chi connectivity index (χ0n) is 8.12. The zero-order chi connectivity index (χ0) is 11.4. The molecular formula is C11H10FNO2. The lowest BCUT2D eigenvalue weighted by Gasteiger charge is -2.11. The summed E-state index contributed by atoms with van der Waals surface area (Å²) in [6.45, 7) is 1.70. The van der Waals surface area contributed by atoms with E-state index in [9.17, 15) is 9.18 Å². The number of hydrogen-bond donors (Lipinski definition) is 2. The van der Waals surface area contributed by atoms with Crippen LogP contribution < -0.4 is 5.32 Å². The summed E-state index contributed by atoms with van der Waals surface area (Å²) in [7, 11) is 0. The van der Waals surface area contributed by atoms with Gasteiger partial charge in [-0.25, -0.2) is 9.18 Å². The van der Waals surface area contributed by atoms with E-state index in [2.05, 4.69) is 11.2 Å². The van der Waals surface area contributed by atoms with Gasteiger partial charge in [-0.05, 0) is 25.1 Å². The predicted octanol–water partition coefficient (Wildman–Crippen LogP) is 1.96. The fourth-order valence-corrected chi connectivity index (χ4v) is 1.09. The van der Waals surface area contributed by atoms with E-state index < -0.39 is 11.8 Å². The van der Waals surface area contributed by atoms with E-state index in [1.54, 1.807) is 6.92 Å². The van der Waals surface area contributed by atoms with Crippen molar-refractivity contribution >= 4 is 11.7 Å². The smallest absolute Gasteiger partial charge is 0.337 e. The summed E-state index contributed by atoms with van der Waals surface area (Å²) in [5, 5.41) is 11.6. The summed E-state index contributed by atoms with van der Waals surface area (Å²) < 4.78 is 12.8. The Morgan fingerprint density at radius 1 is 1.67 bits per heavy atom. The van der Waals surface area contributed by atoms with Crippen LogP contribution in [0.5, 0.6) is 0 Å². The zero-order valence-corrected chi connectivity index (χ0v) is 8.12. The van der Waals surface area contributed by atoms with Crippen LogP contribution in [-0.4, -0.2) is 17.1 Å². The summed E-state index contributed by atoms with van der Waals surface area (Å²) in [5.74, 6) is 0.612. The van der Waals surface area contributed by atoms with Crippen LogP contribution in [0.1, 0.15) is 17.3 Å². The van der Waals surface area contributed by atoms with Crippen LogP contribution >= 0.6 is 0 Å². The molecule has 0 aliphatic rings. The number of rotatable bonds is 3. The lowest BCUT2D eigenvalue weighted by molar-refractivity contribution is 0.0697. The molecule has 0 bridgehead atoms. The van der Waals surface area contributed by atoms with Crippen LogP contribution in [0.3, 0.4) is 0 Å². The van der Waals surface area contributed by atoms with Crippen LogP contribution in [0, 0.1) is 18.2 Å². The number of carbonyl (C=O) groups is 1. The number of hydrogen-bond acceptors (Lipinski definition) is 2. The highest BCUT2D eigenvalue weighted by Crippen LogP contribution is 2.17. The number of anilines is 1. The molecular weight excluding hydrogens is 197 g/mol. The Bertz CT molecular complexity index is 423. The summed E-state index contributed by atoms with van der Waals surface area (Å²) in [6.07, 6.45) is 5.14. The number of terminal acetylenes is 1. The first-order valence-corrected chi connectivity index (χ1v) is 4.30. The Morgan fingerprint density at radius 3 is 2.87 bits per heavy atom. The van der Waals surface area contributed by atoms with Crippen LogP contribution in [0.15, 0.2) is 18.2 Å². The van der Waals surface area contributed by atoms with E-state index in [4.69, 9.17) is 11.5 Å². The average Bonchev–Trinajstić information content (AvgIpc) is 2.20. The van der Waals surface area contributed by atoms with Gasteiger partial charge in [0.05, 0.1) is 11.6 Å². The molecule has 1 aromatic carbocycles. The molecule has 0 saturated carbocycles. The molecule has 1 atom stereocenters. The predicted molar refractivity (Wildman–Crippen MR) is 55.3 cm³/mol. The molecule has 0 spiro atoms. The van der Waals surface area contributed by atoms with Crippen molar-refractivity contribution < 1.29 is 14.3 Å². The van der Waals surface area contributed by atoms with Gasteiger partial charge in [0, 0.05) is 5.69 Å². The van der Waals surface area contributed by atoms with Crippen molar-refractivity contribution in [2.24, 2.45) is 0 Å². The summed E-state index contributed by atoms with van der Waals surface area (Å²) in [6, 6.07) is 3.17. The summed E-state index contributed by atoms with van der Waals surface area (Å²) in [5.41, 5.74) is 0.187. The molecule has 0 aliphatic carbocycles. The molecule has 0 aromatic heterocycles. The Labute approximate surface area is 86.9 Å². The Kier molecular flexibility index (Phi) is 3.29. The second-order valence-corrected chi connectivity index (χ2v) is 3.03. The van der Waals surface area contributed by atoms with Crippen LogP contribution in [0.25, 0.3) is 0 Å². The first-order valence-electron chi connectivity index (χ1n) is 4.30. The lowest BCUT2D eigenvalue weighted by Crippen LogP contribution is -2.15. The van der Waals surface area contributed by atoms with Gasteiger partial charge >= 0.3 is 5.97 Å². The molecule has 0 amide bonds. The van der Waals surface area contributed by atoms with E-state index in [0.717, 1.165) is 6.07 Å². The van der Waals surface area contributed by atoms with Crippen molar-refractivity contribution in [2.75, 3.05) is 5.32 Å². The molecule has 0 heterocycles. The normalized spacial score (nSPS) is 11.5. The Hall–Kier alpha value is -2.02. The van der Waals surface area contributed by atoms with E-state index in [1.807, 2.05) is 0 Å². The molecule has 78 valence electrons. The van der Waals surface area contributed by atoms with E-state index in [-0.39, 0.29) is 11.6 Å². The molecule has 0 aliphatic heterocycles. The minimum Gasteiger partial charge on any atom is -0.478 e. The highest BCUT2D eigenvalue weighted by atomic mass is 19.1. The minimum absolute atomic E-state index is 0.128. The molecule has 1 unspecified atom stereocenters. The fraction of sp³-hybridized carbons (Fsp3) is 0.182. The quantitative estimate of drug-likeness (QED) is 0.745. The molecule has 0 saturated heterocycles. The number of halogens is 1. The highest BCUT2D eigenvalue weighted by molar-refractivity contribution is 5.94. The van der Waals surface area contributed by atoms with Gasteiger partial charge in [0.1, 0.15) is 5.82 Å². The Morgan fingerprint density at radius 2 is 2.33 bits per heavy atom. The molecule has 4 heteroatoms. The van der Waals surface area contributed by atoms with Gasteiger partial charge in [-0.15, -0.1) is 6.42 Å². The standard InChI is InChI=1S/C11H10FNO2/c1-3-7(2)13-10-5-4-8(12)6-9(10)11(14)15/h1,4-7,13H,2H3,(H,14,15). The summed E-state index contributed by atoms with van der Waals surface area (Å²) >= 11 is 0. The van der Waals surface area contributed by atoms with Gasteiger partial charge in [0.2, 0.25) is 0 Å². The second kappa shape index (κ2) is 4.47. The number of aromatic carboxylic acids is 1. The van der Waals surface area contributed by atoms with Gasteiger partial charge in [-0.3, -0.25) is 0 Å². The lowest BCUT2D eigenvalue weighted by atomic mass is 10.1. The topological polar surface area (TPSA) is 49.3 Å². The van der Waals surface area contributed by atoms with Crippen molar-refractivity contribution in [2.45, 2.75) is 13.0 Å². The highest BCUT2D eigenvalue weighted by Gasteiger charge is 2.11. The molecule has 0 radical (unpaired) electrons. The third-order valence-corrected chi connectivity index (χ3v) is 1.83. The van der Waals surface area contributed by atoms with Gasteiger partial charge in [0.25, 0.3) is 0 Å². The fourth-order valence-electron chi connectivity index (χ4n) is 1.09. The SMILES string of the molecule is C#CC(C)Nc1ccc(F)cc1C(=O)O. The van der Waals surface area contributed by atoms with Crippen molar-refractivity contribution in [3.05, 3.63) is 29.6 Å². The van der Waals surface area contributed by atoms with Crippen molar-refractivity contribution in [1.29, 1.82) is 0 Å². The summed E-state index contributed by atoms with van der Waals surface area (Å²) in [4.78, 5) is 10.8. The van der Waals surface area contributed by atoms with Gasteiger partial charge in [-0.1, -0.05) is 5.92 Å². The second-order valence-electron chi connectivity index (χ2n) is 3.03. The number of benzene rings is 1.